The second-order valence-corrected chi connectivity index (χ2v) is 15.4. The molecule has 0 aliphatic heterocycles. The van der Waals surface area contributed by atoms with Crippen molar-refractivity contribution in [1.29, 1.82) is 0 Å². The quantitative estimate of drug-likeness (QED) is 0.452. The summed E-state index contributed by atoms with van der Waals surface area (Å²) in [4.78, 5) is 4.89. The third kappa shape index (κ3) is 7.22. The van der Waals surface area contributed by atoms with Crippen molar-refractivity contribution >= 4 is 22.3 Å². The van der Waals surface area contributed by atoms with E-state index in [4.69, 9.17) is 9.64 Å². The molecule has 1 rings (SSSR count). The maximum Gasteiger partial charge on any atom is 1.00 e. The van der Waals surface area contributed by atoms with Crippen molar-refractivity contribution in [2.75, 3.05) is 0 Å². The Morgan fingerprint density at radius 1 is 0.944 bits per heavy atom. The topological polar surface area (TPSA) is 26.5 Å². The normalized spacial score (nSPS) is 12.9. The number of nitrogens with zero attached hydrogens (tertiary/aromatic N) is 2. The number of benzene rings is 1. The fourth-order valence-corrected chi connectivity index (χ4v) is 3.11. The summed E-state index contributed by atoms with van der Waals surface area (Å²) in [5, 5.41) is 0. The smallest absolute Gasteiger partial charge is 0.472 e. The van der Waals surface area contributed by atoms with E-state index in [1.807, 2.05) is 6.07 Å². The monoisotopic (exact) mass is 270 g/mol. The van der Waals surface area contributed by atoms with Gasteiger partial charge in [0.25, 0.3) is 0 Å². The van der Waals surface area contributed by atoms with E-state index < -0.39 is 16.5 Å². The predicted molar refractivity (Wildman–Crippen MR) is 83.0 cm³/mol. The van der Waals surface area contributed by atoms with Crippen LogP contribution in [0.1, 0.15) is 5.56 Å². The molecule has 0 fully saturated rings. The van der Waals surface area contributed by atoms with Crippen LogP contribution in [0.3, 0.4) is 0 Å². The Hall–Kier alpha value is -0.279. The summed E-state index contributed by atoms with van der Waals surface area (Å²) in [5.74, 6) is 0.962. The first-order chi connectivity index (χ1) is 7.67. The van der Waals surface area contributed by atoms with Gasteiger partial charge in [0.1, 0.15) is 0 Å². The van der Waals surface area contributed by atoms with Crippen molar-refractivity contribution in [2.45, 2.75) is 39.3 Å². The predicted octanol–water partition coefficient (Wildman–Crippen LogP) is 1.48. The van der Waals surface area contributed by atoms with E-state index in [0.717, 1.165) is 11.4 Å². The third-order valence-corrected chi connectivity index (χ3v) is 3.68. The summed E-state index contributed by atoms with van der Waals surface area (Å²) < 4.78 is 4.89. The summed E-state index contributed by atoms with van der Waals surface area (Å²) in [7, 11) is -2.97. The molecule has 0 heterocycles. The molecule has 5 heteroatoms. The van der Waals surface area contributed by atoms with Crippen molar-refractivity contribution in [2.24, 2.45) is 4.66 Å². The molecule has 2 nitrogen and oxygen atoms in total. The van der Waals surface area contributed by atoms with Gasteiger partial charge in [-0.3, -0.25) is 0 Å². The molecule has 18 heavy (non-hydrogen) atoms. The van der Waals surface area contributed by atoms with Crippen molar-refractivity contribution in [1.82, 2.24) is 0 Å². The van der Waals surface area contributed by atoms with Crippen LogP contribution < -0.4 is 18.9 Å². The molecular formula is C13H23LiN2Si2. The molecule has 94 valence electrons. The molecular weight excluding hydrogens is 247 g/mol. The first kappa shape index (κ1) is 17.7. The van der Waals surface area contributed by atoms with Gasteiger partial charge in [-0.25, -0.2) is 0 Å². The minimum atomic E-state index is -1.49. The van der Waals surface area contributed by atoms with Crippen LogP contribution in [0, 0.1) is 0 Å². The molecule has 0 spiro atoms. The Morgan fingerprint density at radius 2 is 1.44 bits per heavy atom. The second-order valence-electron chi connectivity index (χ2n) is 6.25. The minimum Gasteiger partial charge on any atom is -0.472 e. The average molecular weight is 270 g/mol. The van der Waals surface area contributed by atoms with E-state index in [9.17, 15) is 0 Å². The van der Waals surface area contributed by atoms with Gasteiger partial charge in [0.05, 0.1) is 0 Å². The molecule has 0 aromatic heterocycles. The third-order valence-electron chi connectivity index (χ3n) is 1.91. The number of amidine groups is 1. The molecule has 0 amide bonds. The van der Waals surface area contributed by atoms with Crippen molar-refractivity contribution in [3.05, 3.63) is 40.9 Å². The van der Waals surface area contributed by atoms with Crippen LogP contribution >= 0.6 is 0 Å². The summed E-state index contributed by atoms with van der Waals surface area (Å²) >= 11 is 0. The molecule has 1 aromatic rings. The van der Waals surface area contributed by atoms with Crippen molar-refractivity contribution < 1.29 is 18.9 Å². The van der Waals surface area contributed by atoms with Crippen molar-refractivity contribution in [3.63, 3.8) is 0 Å². The molecule has 0 radical (unpaired) electrons. The summed E-state index contributed by atoms with van der Waals surface area (Å²) in [6.45, 7) is 13.5. The molecule has 0 atom stereocenters. The van der Waals surface area contributed by atoms with E-state index in [-0.39, 0.29) is 18.9 Å². The van der Waals surface area contributed by atoms with Gasteiger partial charge in [0, 0.05) is 16.5 Å². The van der Waals surface area contributed by atoms with Crippen molar-refractivity contribution in [3.8, 4) is 0 Å². The zero-order valence-electron chi connectivity index (χ0n) is 12.8. The Morgan fingerprint density at radius 3 is 1.83 bits per heavy atom. The van der Waals surface area contributed by atoms with Gasteiger partial charge in [-0.1, -0.05) is 75.4 Å². The number of rotatable bonds is 3. The SMILES string of the molecule is C[Si](C)(C)/N=C(/[N-][Si](C)(C)C)c1ccccc1.[Li+]. The molecule has 0 bridgehead atoms. The zero-order valence-corrected chi connectivity index (χ0v) is 14.8. The Labute approximate surface area is 126 Å². The van der Waals surface area contributed by atoms with Crippen LogP contribution in [0.15, 0.2) is 35.0 Å². The van der Waals surface area contributed by atoms with Gasteiger partial charge < -0.3 is 9.64 Å². The van der Waals surface area contributed by atoms with E-state index in [1.54, 1.807) is 0 Å². The summed E-state index contributed by atoms with van der Waals surface area (Å²) in [6, 6.07) is 10.3. The largest absolute Gasteiger partial charge is 1.00 e. The molecule has 0 unspecified atom stereocenters. The van der Waals surface area contributed by atoms with Crippen LogP contribution in [-0.4, -0.2) is 22.3 Å². The van der Waals surface area contributed by atoms with Crippen LogP contribution in [0.25, 0.3) is 4.98 Å². The van der Waals surface area contributed by atoms with Gasteiger partial charge in [0.15, 0.2) is 0 Å². The molecule has 0 saturated heterocycles. The van der Waals surface area contributed by atoms with Gasteiger partial charge in [-0.05, 0) is 5.56 Å². The van der Waals surface area contributed by atoms with E-state index in [0.29, 0.717) is 0 Å². The first-order valence-corrected chi connectivity index (χ1v) is 12.9. The number of hydrogen-bond acceptors (Lipinski definition) is 1. The molecule has 0 saturated carbocycles. The van der Waals surface area contributed by atoms with Gasteiger partial charge >= 0.3 is 18.9 Å². The molecule has 0 aliphatic carbocycles. The van der Waals surface area contributed by atoms with Crippen LogP contribution in [-0.2, 0) is 0 Å². The standard InChI is InChI=1S/C13H23N2Si2.Li/c1-16(2,3)14-13(15-17(4,5)6)12-10-8-7-9-11-12;/h7-11H,1-6H3;/q-1;+1. The number of hydrogen-bond donors (Lipinski definition) is 0. The summed E-state index contributed by atoms with van der Waals surface area (Å²) in [6.07, 6.45) is 0. The first-order valence-electron chi connectivity index (χ1n) is 6.06. The summed E-state index contributed by atoms with van der Waals surface area (Å²) in [5.41, 5.74) is 1.15. The maximum atomic E-state index is 4.89. The van der Waals surface area contributed by atoms with Crippen LogP contribution in [0.2, 0.25) is 39.3 Å². The Kier molecular flexibility index (Phi) is 6.66. The Balaban J connectivity index is 0.00000289. The van der Waals surface area contributed by atoms with E-state index >= 15 is 0 Å². The second kappa shape index (κ2) is 6.76. The average Bonchev–Trinajstić information content (AvgIpc) is 2.14. The fourth-order valence-electron chi connectivity index (χ4n) is 1.38. The van der Waals surface area contributed by atoms with Crippen LogP contribution in [0.4, 0.5) is 0 Å². The van der Waals surface area contributed by atoms with E-state index in [1.165, 1.54) is 0 Å². The van der Waals surface area contributed by atoms with E-state index in [2.05, 4.69) is 63.5 Å². The molecule has 0 aliphatic rings. The maximum absolute atomic E-state index is 4.89. The molecule has 0 N–H and O–H groups in total. The molecule has 1 aromatic carbocycles. The van der Waals surface area contributed by atoms with Gasteiger partial charge in [0.2, 0.25) is 0 Å². The van der Waals surface area contributed by atoms with Gasteiger partial charge in [-0.2, -0.15) is 0 Å². The fraction of sp³-hybridized carbons (Fsp3) is 0.462. The Bertz CT molecular complexity index is 392. The van der Waals surface area contributed by atoms with Gasteiger partial charge in [-0.15, -0.1) is 0 Å². The minimum absolute atomic E-state index is 0. The zero-order chi connectivity index (χ0) is 13.1. The van der Waals surface area contributed by atoms with Crippen LogP contribution in [0.5, 0.6) is 0 Å².